The number of aromatic nitrogens is 4. The van der Waals surface area contributed by atoms with Gasteiger partial charge in [-0.3, -0.25) is 19.9 Å². The minimum Gasteiger partial charge on any atom is -0.342 e. The average Bonchev–Trinajstić information content (AvgIpc) is 2.93. The molecule has 1 amide bonds. The molecule has 26 heavy (non-hydrogen) atoms. The van der Waals surface area contributed by atoms with Crippen LogP contribution in [0.2, 0.25) is 0 Å². The first-order valence-corrected chi connectivity index (χ1v) is 9.38. The SMILES string of the molecule is Cc1n[nH]c(C)c1-c1nccnc1CC1CCCN(C(=O)C(C)(C)C)C1. The van der Waals surface area contributed by atoms with Crippen molar-refractivity contribution in [3.8, 4) is 11.3 Å². The van der Waals surface area contributed by atoms with Gasteiger partial charge in [-0.2, -0.15) is 5.10 Å². The largest absolute Gasteiger partial charge is 0.342 e. The normalized spacial score (nSPS) is 18.2. The minimum atomic E-state index is -0.329. The Bertz CT molecular complexity index is 770. The second-order valence-electron chi connectivity index (χ2n) is 8.37. The van der Waals surface area contributed by atoms with Crippen LogP contribution in [0.15, 0.2) is 12.4 Å². The van der Waals surface area contributed by atoms with Gasteiger partial charge in [0.05, 0.1) is 17.1 Å². The summed E-state index contributed by atoms with van der Waals surface area (Å²) in [6.45, 7) is 11.6. The fourth-order valence-corrected chi connectivity index (χ4v) is 3.79. The van der Waals surface area contributed by atoms with Gasteiger partial charge in [-0.05, 0) is 39.0 Å². The zero-order valence-corrected chi connectivity index (χ0v) is 16.5. The number of nitrogens with one attached hydrogen (secondary N) is 1. The van der Waals surface area contributed by atoms with Crippen molar-refractivity contribution in [1.82, 2.24) is 25.1 Å². The molecule has 1 unspecified atom stereocenters. The van der Waals surface area contributed by atoms with E-state index in [1.807, 2.05) is 39.5 Å². The molecular formula is C20H29N5O. The molecule has 0 spiro atoms. The van der Waals surface area contributed by atoms with E-state index < -0.39 is 0 Å². The van der Waals surface area contributed by atoms with Gasteiger partial charge in [0.15, 0.2) is 0 Å². The van der Waals surface area contributed by atoms with Crippen LogP contribution in [0.25, 0.3) is 11.3 Å². The molecule has 0 bridgehead atoms. The highest BCUT2D eigenvalue weighted by Gasteiger charge is 2.31. The van der Waals surface area contributed by atoms with Crippen LogP contribution >= 0.6 is 0 Å². The van der Waals surface area contributed by atoms with Gasteiger partial charge >= 0.3 is 0 Å². The molecule has 6 nitrogen and oxygen atoms in total. The van der Waals surface area contributed by atoms with Crippen molar-refractivity contribution < 1.29 is 4.79 Å². The van der Waals surface area contributed by atoms with Crippen molar-refractivity contribution in [3.63, 3.8) is 0 Å². The zero-order valence-electron chi connectivity index (χ0n) is 16.5. The zero-order chi connectivity index (χ0) is 18.9. The van der Waals surface area contributed by atoms with E-state index >= 15 is 0 Å². The van der Waals surface area contributed by atoms with Crippen LogP contribution in [-0.4, -0.2) is 44.1 Å². The maximum Gasteiger partial charge on any atom is 0.227 e. The standard InChI is InChI=1S/C20H29N5O/c1-13-17(14(2)24-23-13)18-16(21-8-9-22-18)11-15-7-6-10-25(12-15)19(26)20(3,4)5/h8-9,15H,6-7,10-12H2,1-5H3,(H,23,24). The molecule has 2 aromatic heterocycles. The second kappa shape index (κ2) is 7.17. The second-order valence-corrected chi connectivity index (χ2v) is 8.37. The van der Waals surface area contributed by atoms with E-state index in [0.29, 0.717) is 5.92 Å². The molecule has 0 aliphatic carbocycles. The summed E-state index contributed by atoms with van der Waals surface area (Å²) in [5, 5.41) is 7.33. The summed E-state index contributed by atoms with van der Waals surface area (Å²) in [7, 11) is 0. The monoisotopic (exact) mass is 355 g/mol. The van der Waals surface area contributed by atoms with E-state index in [-0.39, 0.29) is 11.3 Å². The minimum absolute atomic E-state index is 0.239. The van der Waals surface area contributed by atoms with Crippen LogP contribution in [0.3, 0.4) is 0 Å². The molecule has 0 saturated carbocycles. The van der Waals surface area contributed by atoms with Crippen molar-refractivity contribution in [2.75, 3.05) is 13.1 Å². The fraction of sp³-hybridized carbons (Fsp3) is 0.600. The number of aromatic amines is 1. The highest BCUT2D eigenvalue weighted by molar-refractivity contribution is 5.81. The summed E-state index contributed by atoms with van der Waals surface area (Å²) in [6.07, 6.45) is 6.49. The molecule has 6 heteroatoms. The Hall–Kier alpha value is -2.24. The molecule has 1 N–H and O–H groups in total. The summed E-state index contributed by atoms with van der Waals surface area (Å²) >= 11 is 0. The Kier molecular flexibility index (Phi) is 5.12. The lowest BCUT2D eigenvalue weighted by Crippen LogP contribution is -2.45. The van der Waals surface area contributed by atoms with Crippen molar-refractivity contribution in [2.45, 2.75) is 53.9 Å². The Morgan fingerprint density at radius 2 is 2.00 bits per heavy atom. The van der Waals surface area contributed by atoms with Crippen molar-refractivity contribution in [1.29, 1.82) is 0 Å². The summed E-state index contributed by atoms with van der Waals surface area (Å²) < 4.78 is 0. The lowest BCUT2D eigenvalue weighted by atomic mass is 9.88. The Labute approximate surface area is 155 Å². The summed E-state index contributed by atoms with van der Waals surface area (Å²) in [5.74, 6) is 0.654. The number of H-pyrrole nitrogens is 1. The maximum atomic E-state index is 12.6. The molecule has 1 atom stereocenters. The summed E-state index contributed by atoms with van der Waals surface area (Å²) in [6, 6.07) is 0. The molecule has 1 fully saturated rings. The number of carbonyl (C=O) groups excluding carboxylic acids is 1. The van der Waals surface area contributed by atoms with Crippen LogP contribution in [-0.2, 0) is 11.2 Å². The number of aryl methyl sites for hydroxylation is 2. The van der Waals surface area contributed by atoms with E-state index in [2.05, 4.69) is 20.2 Å². The molecule has 1 aliphatic rings. The molecule has 3 heterocycles. The van der Waals surface area contributed by atoms with Gasteiger partial charge in [-0.25, -0.2) is 0 Å². The lowest BCUT2D eigenvalue weighted by molar-refractivity contribution is -0.141. The molecule has 1 saturated heterocycles. The van der Waals surface area contributed by atoms with Crippen molar-refractivity contribution >= 4 is 5.91 Å². The first-order valence-electron chi connectivity index (χ1n) is 9.38. The van der Waals surface area contributed by atoms with Gasteiger partial charge in [0, 0.05) is 42.2 Å². The smallest absolute Gasteiger partial charge is 0.227 e. The van der Waals surface area contributed by atoms with Gasteiger partial charge in [0.25, 0.3) is 0 Å². The first kappa shape index (κ1) is 18.5. The Balaban J connectivity index is 1.81. The van der Waals surface area contributed by atoms with E-state index in [4.69, 9.17) is 0 Å². The van der Waals surface area contributed by atoms with E-state index in [1.165, 1.54) is 0 Å². The topological polar surface area (TPSA) is 74.8 Å². The third kappa shape index (κ3) is 3.79. The van der Waals surface area contributed by atoms with E-state index in [9.17, 15) is 4.79 Å². The summed E-state index contributed by atoms with van der Waals surface area (Å²) in [5.41, 5.74) is 4.58. The quantitative estimate of drug-likeness (QED) is 0.916. The molecule has 3 rings (SSSR count). The van der Waals surface area contributed by atoms with E-state index in [1.54, 1.807) is 12.4 Å². The third-order valence-corrected chi connectivity index (χ3v) is 5.07. The predicted octanol–water partition coefficient (Wildman–Crippen LogP) is 3.31. The average molecular weight is 355 g/mol. The van der Waals surface area contributed by atoms with Gasteiger partial charge in [-0.15, -0.1) is 0 Å². The Morgan fingerprint density at radius 1 is 1.27 bits per heavy atom. The number of carbonyl (C=O) groups is 1. The highest BCUT2D eigenvalue weighted by Crippen LogP contribution is 2.30. The molecule has 0 radical (unpaired) electrons. The molecule has 0 aromatic carbocycles. The molecule has 140 valence electrons. The molecular weight excluding hydrogens is 326 g/mol. The number of hydrogen-bond donors (Lipinski definition) is 1. The Morgan fingerprint density at radius 3 is 2.65 bits per heavy atom. The lowest BCUT2D eigenvalue weighted by Gasteiger charge is -2.36. The van der Waals surface area contributed by atoms with E-state index in [0.717, 1.165) is 60.7 Å². The van der Waals surface area contributed by atoms with Crippen molar-refractivity contribution in [3.05, 3.63) is 29.5 Å². The van der Waals surface area contributed by atoms with Gasteiger partial charge in [-0.1, -0.05) is 20.8 Å². The number of likely N-dealkylation sites (tertiary alicyclic amines) is 1. The fourth-order valence-electron chi connectivity index (χ4n) is 3.79. The summed E-state index contributed by atoms with van der Waals surface area (Å²) in [4.78, 5) is 23.9. The van der Waals surface area contributed by atoms with Crippen LogP contribution in [0.5, 0.6) is 0 Å². The number of amides is 1. The van der Waals surface area contributed by atoms with Crippen LogP contribution in [0.1, 0.15) is 50.7 Å². The maximum absolute atomic E-state index is 12.6. The number of hydrogen-bond acceptors (Lipinski definition) is 4. The number of nitrogens with zero attached hydrogens (tertiary/aromatic N) is 4. The highest BCUT2D eigenvalue weighted by atomic mass is 16.2. The van der Waals surface area contributed by atoms with Crippen LogP contribution < -0.4 is 0 Å². The molecule has 2 aromatic rings. The first-order chi connectivity index (χ1) is 12.3. The van der Waals surface area contributed by atoms with Crippen LogP contribution in [0.4, 0.5) is 0 Å². The third-order valence-electron chi connectivity index (χ3n) is 5.07. The van der Waals surface area contributed by atoms with Gasteiger partial charge in [0.2, 0.25) is 5.91 Å². The van der Waals surface area contributed by atoms with Crippen molar-refractivity contribution in [2.24, 2.45) is 11.3 Å². The van der Waals surface area contributed by atoms with Gasteiger partial charge < -0.3 is 4.90 Å². The number of piperidine rings is 1. The van der Waals surface area contributed by atoms with Crippen LogP contribution in [0, 0.1) is 25.2 Å². The predicted molar refractivity (Wildman–Crippen MR) is 102 cm³/mol. The number of rotatable bonds is 3. The molecule has 1 aliphatic heterocycles. The van der Waals surface area contributed by atoms with Gasteiger partial charge in [0.1, 0.15) is 0 Å².